The fourth-order valence-electron chi connectivity index (χ4n) is 3.64. The molecule has 1 saturated carbocycles. The maximum atomic E-state index is 11.0. The van der Waals surface area contributed by atoms with Gasteiger partial charge in [0, 0.05) is 6.42 Å². The lowest BCUT2D eigenvalue weighted by Gasteiger charge is -2.24. The van der Waals surface area contributed by atoms with E-state index in [4.69, 9.17) is 5.11 Å². The number of fused-ring (bicyclic) bond motifs is 2. The zero-order valence-electron chi connectivity index (χ0n) is 12.8. The van der Waals surface area contributed by atoms with Crippen LogP contribution >= 0.6 is 0 Å². The van der Waals surface area contributed by atoms with Crippen LogP contribution in [0.15, 0.2) is 36.5 Å². The number of hydrogen-bond acceptors (Lipinski definition) is 3. The Bertz CT molecular complexity index is 422. The van der Waals surface area contributed by atoms with Gasteiger partial charge < -0.3 is 9.84 Å². The van der Waals surface area contributed by atoms with Crippen LogP contribution in [0.5, 0.6) is 0 Å². The predicted molar refractivity (Wildman–Crippen MR) is 83.6 cm³/mol. The monoisotopic (exact) mass is 290 g/mol. The Hall–Kier alpha value is -1.35. The van der Waals surface area contributed by atoms with Gasteiger partial charge in [-0.3, -0.25) is 4.79 Å². The molecule has 4 atom stereocenters. The number of allylic oxidation sites excluding steroid dienone is 5. The normalized spacial score (nSPS) is 30.8. The molecule has 2 aliphatic rings. The Morgan fingerprint density at radius 1 is 1.29 bits per heavy atom. The first-order valence-corrected chi connectivity index (χ1v) is 7.94. The SMILES string of the molecule is COC(=O)CCC/C=C\CC1C(C=CCO)[C@H]2C=C[C@H]1C2. The van der Waals surface area contributed by atoms with Crippen LogP contribution < -0.4 is 0 Å². The molecule has 2 aliphatic carbocycles. The second-order valence-electron chi connectivity index (χ2n) is 5.98. The molecule has 0 aliphatic heterocycles. The molecule has 0 amide bonds. The standard InChI is InChI=1S/C18H26O3/c1-21-18(20)9-5-3-2-4-7-16-14-10-11-15(13-14)17(16)8-6-12-19/h2,4,6,8,10-11,14-17,19H,3,5,7,9,12-13H2,1H3/b4-2-,8-6?/t14-,15-,16?,17?/m0/s1. The summed E-state index contributed by atoms with van der Waals surface area (Å²) in [5.41, 5.74) is 0. The van der Waals surface area contributed by atoms with Crippen molar-refractivity contribution >= 4 is 5.97 Å². The second-order valence-corrected chi connectivity index (χ2v) is 5.98. The van der Waals surface area contributed by atoms with Crippen LogP contribution in [0.25, 0.3) is 0 Å². The second kappa shape index (κ2) is 8.18. The van der Waals surface area contributed by atoms with Crippen LogP contribution in [-0.2, 0) is 9.53 Å². The van der Waals surface area contributed by atoms with E-state index in [2.05, 4.69) is 35.1 Å². The number of esters is 1. The minimum atomic E-state index is -0.129. The molecule has 0 heterocycles. The van der Waals surface area contributed by atoms with Gasteiger partial charge in [-0.15, -0.1) is 0 Å². The molecule has 0 aromatic rings. The fourth-order valence-corrected chi connectivity index (χ4v) is 3.64. The lowest BCUT2D eigenvalue weighted by molar-refractivity contribution is -0.140. The number of unbranched alkanes of at least 4 members (excludes halogenated alkanes) is 1. The first-order valence-electron chi connectivity index (χ1n) is 7.94. The Labute approximate surface area is 127 Å². The van der Waals surface area contributed by atoms with Crippen molar-refractivity contribution in [3.63, 3.8) is 0 Å². The molecule has 21 heavy (non-hydrogen) atoms. The first kappa shape index (κ1) is 16.0. The van der Waals surface area contributed by atoms with E-state index >= 15 is 0 Å². The molecule has 0 saturated heterocycles. The van der Waals surface area contributed by atoms with Gasteiger partial charge in [-0.25, -0.2) is 0 Å². The third-order valence-electron chi connectivity index (χ3n) is 4.71. The number of aliphatic hydroxyl groups is 1. The van der Waals surface area contributed by atoms with E-state index < -0.39 is 0 Å². The lowest BCUT2D eigenvalue weighted by atomic mass is 9.80. The average Bonchev–Trinajstić information content (AvgIpc) is 3.09. The lowest BCUT2D eigenvalue weighted by Crippen LogP contribution is -2.17. The van der Waals surface area contributed by atoms with Crippen molar-refractivity contribution in [2.75, 3.05) is 13.7 Å². The van der Waals surface area contributed by atoms with Crippen LogP contribution in [0.3, 0.4) is 0 Å². The number of rotatable bonds is 8. The topological polar surface area (TPSA) is 46.5 Å². The van der Waals surface area contributed by atoms with E-state index in [0.717, 1.165) is 19.3 Å². The summed E-state index contributed by atoms with van der Waals surface area (Å²) in [7, 11) is 1.43. The Kier molecular flexibility index (Phi) is 6.24. The van der Waals surface area contributed by atoms with Gasteiger partial charge in [0.25, 0.3) is 0 Å². The molecule has 0 aromatic heterocycles. The molecule has 2 bridgehead atoms. The van der Waals surface area contributed by atoms with Crippen LogP contribution in [0.4, 0.5) is 0 Å². The van der Waals surface area contributed by atoms with Gasteiger partial charge in [0.1, 0.15) is 0 Å². The smallest absolute Gasteiger partial charge is 0.305 e. The molecule has 1 N–H and O–H groups in total. The molecule has 116 valence electrons. The van der Waals surface area contributed by atoms with Gasteiger partial charge in [-0.2, -0.15) is 0 Å². The van der Waals surface area contributed by atoms with Gasteiger partial charge >= 0.3 is 5.97 Å². The number of carbonyl (C=O) groups is 1. The van der Waals surface area contributed by atoms with Crippen molar-refractivity contribution in [1.29, 1.82) is 0 Å². The van der Waals surface area contributed by atoms with Crippen molar-refractivity contribution < 1.29 is 14.6 Å². The highest BCUT2D eigenvalue weighted by Gasteiger charge is 2.42. The van der Waals surface area contributed by atoms with Gasteiger partial charge in [-0.1, -0.05) is 36.5 Å². The molecule has 2 rings (SSSR count). The summed E-state index contributed by atoms with van der Waals surface area (Å²) in [5, 5.41) is 8.96. The summed E-state index contributed by atoms with van der Waals surface area (Å²) in [6.07, 6.45) is 17.9. The number of hydrogen-bond donors (Lipinski definition) is 1. The summed E-state index contributed by atoms with van der Waals surface area (Å²) in [5.74, 6) is 2.47. The highest BCUT2D eigenvalue weighted by atomic mass is 16.5. The van der Waals surface area contributed by atoms with Crippen molar-refractivity contribution in [3.05, 3.63) is 36.5 Å². The van der Waals surface area contributed by atoms with Crippen molar-refractivity contribution in [1.82, 2.24) is 0 Å². The van der Waals surface area contributed by atoms with Gasteiger partial charge in [0.2, 0.25) is 0 Å². The van der Waals surface area contributed by atoms with E-state index in [1.165, 1.54) is 13.5 Å². The van der Waals surface area contributed by atoms with E-state index in [-0.39, 0.29) is 12.6 Å². The van der Waals surface area contributed by atoms with Gasteiger partial charge in [-0.05, 0) is 49.4 Å². The highest BCUT2D eigenvalue weighted by molar-refractivity contribution is 5.69. The van der Waals surface area contributed by atoms with Crippen molar-refractivity contribution in [2.24, 2.45) is 23.7 Å². The number of aliphatic hydroxyl groups excluding tert-OH is 1. The van der Waals surface area contributed by atoms with E-state index in [1.54, 1.807) is 0 Å². The number of ether oxygens (including phenoxy) is 1. The zero-order chi connectivity index (χ0) is 15.1. The molecule has 0 aromatic carbocycles. The van der Waals surface area contributed by atoms with Crippen molar-refractivity contribution in [2.45, 2.75) is 32.1 Å². The Morgan fingerprint density at radius 2 is 2.10 bits per heavy atom. The number of methoxy groups -OCH3 is 1. The maximum Gasteiger partial charge on any atom is 0.305 e. The third kappa shape index (κ3) is 4.31. The largest absolute Gasteiger partial charge is 0.469 e. The summed E-state index contributed by atoms with van der Waals surface area (Å²) in [6, 6.07) is 0. The number of carbonyl (C=O) groups excluding carboxylic acids is 1. The van der Waals surface area contributed by atoms with Crippen molar-refractivity contribution in [3.8, 4) is 0 Å². The van der Waals surface area contributed by atoms with Crippen LogP contribution in [0, 0.1) is 23.7 Å². The zero-order valence-corrected chi connectivity index (χ0v) is 12.8. The van der Waals surface area contributed by atoms with E-state index in [9.17, 15) is 4.79 Å². The molecule has 0 spiro atoms. The minimum Gasteiger partial charge on any atom is -0.469 e. The van der Waals surface area contributed by atoms with Crippen LogP contribution in [0.1, 0.15) is 32.1 Å². The van der Waals surface area contributed by atoms with E-state index in [0.29, 0.717) is 30.1 Å². The predicted octanol–water partition coefficient (Wildman–Crippen LogP) is 3.26. The quantitative estimate of drug-likeness (QED) is 0.424. The third-order valence-corrected chi connectivity index (χ3v) is 4.71. The average molecular weight is 290 g/mol. The fraction of sp³-hybridized carbons (Fsp3) is 0.611. The summed E-state index contributed by atoms with van der Waals surface area (Å²) in [6.45, 7) is 0.133. The molecular formula is C18H26O3. The molecule has 0 radical (unpaired) electrons. The van der Waals surface area contributed by atoms with Crippen LogP contribution in [0.2, 0.25) is 0 Å². The molecular weight excluding hydrogens is 264 g/mol. The molecule has 1 fully saturated rings. The van der Waals surface area contributed by atoms with Gasteiger partial charge in [0.05, 0.1) is 13.7 Å². The van der Waals surface area contributed by atoms with Crippen LogP contribution in [-0.4, -0.2) is 24.8 Å². The molecule has 3 nitrogen and oxygen atoms in total. The summed E-state index contributed by atoms with van der Waals surface area (Å²) >= 11 is 0. The minimum absolute atomic E-state index is 0.129. The Balaban J connectivity index is 1.75. The summed E-state index contributed by atoms with van der Waals surface area (Å²) < 4.78 is 4.62. The van der Waals surface area contributed by atoms with E-state index in [1.807, 2.05) is 6.08 Å². The summed E-state index contributed by atoms with van der Waals surface area (Å²) in [4.78, 5) is 11.0. The van der Waals surface area contributed by atoms with Gasteiger partial charge in [0.15, 0.2) is 0 Å². The molecule has 2 unspecified atom stereocenters. The first-order chi connectivity index (χ1) is 10.3. The highest BCUT2D eigenvalue weighted by Crippen LogP contribution is 2.50. The molecule has 3 heteroatoms. The maximum absolute atomic E-state index is 11.0. The Morgan fingerprint density at radius 3 is 2.86 bits per heavy atom.